The van der Waals surface area contributed by atoms with Crippen molar-refractivity contribution in [2.75, 3.05) is 0 Å². The van der Waals surface area contributed by atoms with Crippen molar-refractivity contribution < 1.29 is 4.79 Å². The summed E-state index contributed by atoms with van der Waals surface area (Å²) < 4.78 is 0. The van der Waals surface area contributed by atoms with Crippen LogP contribution in [0.5, 0.6) is 0 Å². The first-order valence-corrected chi connectivity index (χ1v) is 10.1. The van der Waals surface area contributed by atoms with E-state index in [-0.39, 0.29) is 11.8 Å². The van der Waals surface area contributed by atoms with Crippen LogP contribution in [-0.2, 0) is 17.9 Å². The van der Waals surface area contributed by atoms with Gasteiger partial charge in [-0.1, -0.05) is 103 Å². The highest BCUT2D eigenvalue weighted by atomic mass is 16.2. The summed E-state index contributed by atoms with van der Waals surface area (Å²) >= 11 is 0. The molecule has 4 aromatic rings. The molecule has 0 N–H and O–H groups in total. The third-order valence-electron chi connectivity index (χ3n) is 5.39. The molecule has 0 heterocycles. The van der Waals surface area contributed by atoms with E-state index in [0.29, 0.717) is 13.1 Å². The van der Waals surface area contributed by atoms with E-state index in [2.05, 4.69) is 54.6 Å². The zero-order chi connectivity index (χ0) is 20.1. The van der Waals surface area contributed by atoms with Crippen molar-refractivity contribution in [1.29, 1.82) is 0 Å². The summed E-state index contributed by atoms with van der Waals surface area (Å²) in [5.41, 5.74) is 3.34. The molecule has 0 fully saturated rings. The quantitative estimate of drug-likeness (QED) is 0.392. The van der Waals surface area contributed by atoms with Crippen LogP contribution in [0, 0.1) is 0 Å². The molecule has 4 aromatic carbocycles. The predicted molar refractivity (Wildman–Crippen MR) is 120 cm³/mol. The predicted octanol–water partition coefficient (Wildman–Crippen LogP) is 6.17. The molecule has 2 heteroatoms. The van der Waals surface area contributed by atoms with Crippen molar-refractivity contribution in [3.8, 4) is 0 Å². The largest absolute Gasteiger partial charge is 0.334 e. The molecule has 0 saturated carbocycles. The first kappa shape index (κ1) is 18.9. The second-order valence-electron chi connectivity index (χ2n) is 7.49. The molecule has 144 valence electrons. The van der Waals surface area contributed by atoms with Gasteiger partial charge in [0.1, 0.15) is 0 Å². The second-order valence-corrected chi connectivity index (χ2v) is 7.49. The summed E-state index contributed by atoms with van der Waals surface area (Å²) in [6.07, 6.45) is 0. The van der Waals surface area contributed by atoms with Gasteiger partial charge in [-0.15, -0.1) is 0 Å². The van der Waals surface area contributed by atoms with Crippen LogP contribution in [0.3, 0.4) is 0 Å². The van der Waals surface area contributed by atoms with Crippen LogP contribution in [-0.4, -0.2) is 10.8 Å². The molecule has 1 atom stereocenters. The van der Waals surface area contributed by atoms with Crippen LogP contribution in [0.25, 0.3) is 10.8 Å². The highest BCUT2D eigenvalue weighted by Gasteiger charge is 2.22. The molecule has 0 saturated heterocycles. The first-order chi connectivity index (χ1) is 14.2. The molecule has 1 amide bonds. The van der Waals surface area contributed by atoms with Gasteiger partial charge in [0.2, 0.25) is 5.91 Å². The van der Waals surface area contributed by atoms with Crippen molar-refractivity contribution in [3.05, 3.63) is 120 Å². The number of carbonyl (C=O) groups is 1. The topological polar surface area (TPSA) is 20.3 Å². The Morgan fingerprint density at radius 2 is 1.21 bits per heavy atom. The third kappa shape index (κ3) is 4.55. The smallest absolute Gasteiger partial charge is 0.230 e. The lowest BCUT2D eigenvalue weighted by atomic mass is 9.96. The molecular formula is C27H25NO. The lowest BCUT2D eigenvalue weighted by Crippen LogP contribution is -2.33. The summed E-state index contributed by atoms with van der Waals surface area (Å²) in [4.78, 5) is 15.5. The maximum atomic E-state index is 13.5. The summed E-state index contributed by atoms with van der Waals surface area (Å²) in [5.74, 6) is -0.0555. The van der Waals surface area contributed by atoms with Crippen LogP contribution >= 0.6 is 0 Å². The van der Waals surface area contributed by atoms with Crippen molar-refractivity contribution in [2.24, 2.45) is 0 Å². The number of fused-ring (bicyclic) bond motifs is 1. The number of nitrogens with zero attached hydrogens (tertiary/aromatic N) is 1. The van der Waals surface area contributed by atoms with Crippen molar-refractivity contribution >= 4 is 16.7 Å². The Morgan fingerprint density at radius 3 is 1.79 bits per heavy atom. The van der Waals surface area contributed by atoms with Gasteiger partial charge in [0.05, 0.1) is 5.92 Å². The van der Waals surface area contributed by atoms with Crippen molar-refractivity contribution in [3.63, 3.8) is 0 Å². The van der Waals surface area contributed by atoms with E-state index in [4.69, 9.17) is 0 Å². The van der Waals surface area contributed by atoms with Crippen molar-refractivity contribution in [2.45, 2.75) is 25.9 Å². The molecule has 0 aliphatic rings. The summed E-state index contributed by atoms with van der Waals surface area (Å²) in [6, 6.07) is 35.0. The van der Waals surface area contributed by atoms with Gasteiger partial charge in [-0.25, -0.2) is 0 Å². The monoisotopic (exact) mass is 379 g/mol. The molecule has 1 unspecified atom stereocenters. The minimum atomic E-state index is -0.202. The highest BCUT2D eigenvalue weighted by Crippen LogP contribution is 2.25. The van der Waals surface area contributed by atoms with E-state index < -0.39 is 0 Å². The van der Waals surface area contributed by atoms with Gasteiger partial charge in [0, 0.05) is 13.1 Å². The van der Waals surface area contributed by atoms with Crippen LogP contribution in [0.15, 0.2) is 103 Å². The second kappa shape index (κ2) is 8.74. The maximum absolute atomic E-state index is 13.5. The molecule has 0 aromatic heterocycles. The Balaban J connectivity index is 1.61. The number of rotatable bonds is 6. The van der Waals surface area contributed by atoms with E-state index in [9.17, 15) is 4.79 Å². The number of hydrogen-bond acceptors (Lipinski definition) is 1. The van der Waals surface area contributed by atoms with Crippen LogP contribution in [0.2, 0.25) is 0 Å². The lowest BCUT2D eigenvalue weighted by Gasteiger charge is -2.26. The fourth-order valence-electron chi connectivity index (χ4n) is 3.71. The van der Waals surface area contributed by atoms with Gasteiger partial charge in [-0.3, -0.25) is 4.79 Å². The fourth-order valence-corrected chi connectivity index (χ4v) is 3.71. The number of benzene rings is 4. The van der Waals surface area contributed by atoms with E-state index in [1.54, 1.807) is 0 Å². The zero-order valence-corrected chi connectivity index (χ0v) is 16.7. The van der Waals surface area contributed by atoms with Gasteiger partial charge in [-0.05, 0) is 34.4 Å². The Morgan fingerprint density at radius 1 is 0.690 bits per heavy atom. The molecule has 0 aliphatic heterocycles. The van der Waals surface area contributed by atoms with Gasteiger partial charge in [0.25, 0.3) is 0 Å². The zero-order valence-electron chi connectivity index (χ0n) is 16.7. The van der Waals surface area contributed by atoms with Crippen molar-refractivity contribution in [1.82, 2.24) is 4.90 Å². The van der Waals surface area contributed by atoms with Crippen LogP contribution in [0.1, 0.15) is 29.5 Å². The van der Waals surface area contributed by atoms with Gasteiger partial charge in [-0.2, -0.15) is 0 Å². The molecule has 2 nitrogen and oxygen atoms in total. The third-order valence-corrected chi connectivity index (χ3v) is 5.39. The number of hydrogen-bond donors (Lipinski definition) is 0. The van der Waals surface area contributed by atoms with Gasteiger partial charge in [0.15, 0.2) is 0 Å². The van der Waals surface area contributed by atoms with E-state index >= 15 is 0 Å². The van der Waals surface area contributed by atoms with E-state index in [1.807, 2.05) is 60.4 Å². The van der Waals surface area contributed by atoms with Crippen LogP contribution in [0.4, 0.5) is 0 Å². The number of carbonyl (C=O) groups excluding carboxylic acids is 1. The molecule has 4 rings (SSSR count). The average molecular weight is 380 g/mol. The molecule has 0 bridgehead atoms. The summed E-state index contributed by atoms with van der Waals surface area (Å²) in [7, 11) is 0. The highest BCUT2D eigenvalue weighted by molar-refractivity contribution is 5.87. The number of amides is 1. The normalized spacial score (nSPS) is 11.9. The minimum Gasteiger partial charge on any atom is -0.334 e. The lowest BCUT2D eigenvalue weighted by molar-refractivity contribution is -0.133. The molecule has 0 spiro atoms. The Kier molecular flexibility index (Phi) is 5.71. The van der Waals surface area contributed by atoms with Gasteiger partial charge >= 0.3 is 0 Å². The standard InChI is InChI=1S/C27H25NO/c1-21(25-17-16-24-14-8-9-15-26(24)18-25)27(29)28(19-22-10-4-2-5-11-22)20-23-12-6-3-7-13-23/h2-18,21H,19-20H2,1H3. The molecule has 0 aliphatic carbocycles. The summed E-state index contributed by atoms with van der Waals surface area (Å²) in [5, 5.41) is 2.36. The summed E-state index contributed by atoms with van der Waals surface area (Å²) in [6.45, 7) is 3.22. The SMILES string of the molecule is CC(C(=O)N(Cc1ccccc1)Cc1ccccc1)c1ccc2ccccc2c1. The maximum Gasteiger partial charge on any atom is 0.230 e. The Bertz CT molecular complexity index is 1050. The fraction of sp³-hybridized carbons (Fsp3) is 0.148. The van der Waals surface area contributed by atoms with E-state index in [1.165, 1.54) is 10.8 Å². The van der Waals surface area contributed by atoms with E-state index in [0.717, 1.165) is 16.7 Å². The van der Waals surface area contributed by atoms with Crippen LogP contribution < -0.4 is 0 Å². The van der Waals surface area contributed by atoms with Gasteiger partial charge < -0.3 is 4.90 Å². The molecule has 0 radical (unpaired) electrons. The minimum absolute atomic E-state index is 0.146. The first-order valence-electron chi connectivity index (χ1n) is 10.1. The molecule has 29 heavy (non-hydrogen) atoms. The average Bonchev–Trinajstić information content (AvgIpc) is 2.79. The Hall–Kier alpha value is -3.39. The molecular weight excluding hydrogens is 354 g/mol. The Labute approximate surface area is 172 Å².